The van der Waals surface area contributed by atoms with Crippen LogP contribution in [0.25, 0.3) is 11.3 Å². The molecular formula is C20H16F2N2O4. The molecule has 1 aromatic heterocycles. The number of carbonyl (C=O) groups excluding carboxylic acids is 2. The Kier molecular flexibility index (Phi) is 6.11. The van der Waals surface area contributed by atoms with Gasteiger partial charge in [-0.15, -0.1) is 0 Å². The van der Waals surface area contributed by atoms with Crippen molar-refractivity contribution in [3.63, 3.8) is 0 Å². The predicted molar refractivity (Wildman–Crippen MR) is 95.0 cm³/mol. The quantitative estimate of drug-likeness (QED) is 0.629. The first kappa shape index (κ1) is 19.2. The smallest absolute Gasteiger partial charge is 0.308 e. The predicted octanol–water partition coefficient (Wildman–Crippen LogP) is 3.48. The fourth-order valence-corrected chi connectivity index (χ4v) is 2.37. The highest BCUT2D eigenvalue weighted by molar-refractivity contribution is 5.94. The van der Waals surface area contributed by atoms with Gasteiger partial charge < -0.3 is 14.5 Å². The molecule has 3 aromatic rings. The van der Waals surface area contributed by atoms with E-state index in [-0.39, 0.29) is 31.0 Å². The highest BCUT2D eigenvalue weighted by Crippen LogP contribution is 2.20. The van der Waals surface area contributed by atoms with Gasteiger partial charge in [0, 0.05) is 18.2 Å². The largest absolute Gasteiger partial charge is 0.456 e. The van der Waals surface area contributed by atoms with Gasteiger partial charge in [-0.25, -0.2) is 13.8 Å². The van der Waals surface area contributed by atoms with Crippen molar-refractivity contribution in [3.8, 4) is 11.3 Å². The average molecular weight is 386 g/mol. The Balaban J connectivity index is 1.42. The van der Waals surface area contributed by atoms with Gasteiger partial charge in [0.1, 0.15) is 11.6 Å². The van der Waals surface area contributed by atoms with Crippen molar-refractivity contribution in [2.75, 3.05) is 6.54 Å². The third-order valence-corrected chi connectivity index (χ3v) is 3.76. The Labute approximate surface area is 159 Å². The summed E-state index contributed by atoms with van der Waals surface area (Å²) >= 11 is 0. The normalized spacial score (nSPS) is 10.5. The maximum atomic E-state index is 13.5. The Bertz CT molecular complexity index is 973. The second kappa shape index (κ2) is 8.90. The zero-order chi connectivity index (χ0) is 19.9. The molecule has 1 heterocycles. The summed E-state index contributed by atoms with van der Waals surface area (Å²) in [6.07, 6.45) is 1.41. The van der Waals surface area contributed by atoms with Gasteiger partial charge in [-0.3, -0.25) is 9.59 Å². The lowest BCUT2D eigenvalue weighted by Gasteiger charge is -2.06. The Morgan fingerprint density at radius 1 is 1.11 bits per heavy atom. The molecule has 0 radical (unpaired) electrons. The molecule has 2 aromatic carbocycles. The minimum atomic E-state index is -0.974. The summed E-state index contributed by atoms with van der Waals surface area (Å²) in [4.78, 5) is 27.6. The number of nitrogens with one attached hydrogen (secondary N) is 1. The van der Waals surface area contributed by atoms with Crippen LogP contribution in [-0.4, -0.2) is 23.4 Å². The molecule has 0 aliphatic carbocycles. The molecule has 0 aliphatic rings. The summed E-state index contributed by atoms with van der Waals surface area (Å²) in [7, 11) is 0. The summed E-state index contributed by atoms with van der Waals surface area (Å²) in [5, 5.41) is 2.37. The Hall–Kier alpha value is -3.55. The number of esters is 1. The third kappa shape index (κ3) is 5.00. The molecule has 0 spiro atoms. The second-order valence-electron chi connectivity index (χ2n) is 5.78. The first-order valence-corrected chi connectivity index (χ1v) is 8.42. The van der Waals surface area contributed by atoms with Crippen LogP contribution < -0.4 is 5.32 Å². The van der Waals surface area contributed by atoms with E-state index in [2.05, 4.69) is 10.3 Å². The number of oxazole rings is 1. The molecule has 1 amide bonds. The van der Waals surface area contributed by atoms with Crippen molar-refractivity contribution in [1.82, 2.24) is 10.3 Å². The molecule has 3 rings (SSSR count). The summed E-state index contributed by atoms with van der Waals surface area (Å²) < 4.78 is 36.9. The van der Waals surface area contributed by atoms with Crippen LogP contribution in [0, 0.1) is 11.6 Å². The van der Waals surface area contributed by atoms with E-state index in [1.807, 2.05) is 30.3 Å². The molecule has 0 saturated heterocycles. The van der Waals surface area contributed by atoms with Crippen molar-refractivity contribution < 1.29 is 27.5 Å². The Morgan fingerprint density at radius 2 is 1.89 bits per heavy atom. The molecule has 0 bridgehead atoms. The van der Waals surface area contributed by atoms with E-state index in [1.165, 1.54) is 6.20 Å². The number of rotatable bonds is 7. The van der Waals surface area contributed by atoms with Crippen LogP contribution in [-0.2, 0) is 16.1 Å². The van der Waals surface area contributed by atoms with Gasteiger partial charge in [-0.05, 0) is 12.1 Å². The second-order valence-corrected chi connectivity index (χ2v) is 5.78. The topological polar surface area (TPSA) is 81.4 Å². The minimum absolute atomic E-state index is 0.0602. The fraction of sp³-hybridized carbons (Fsp3) is 0.150. The number of nitrogens with zero attached hydrogens (tertiary/aromatic N) is 1. The summed E-state index contributed by atoms with van der Waals surface area (Å²) in [5.74, 6) is -2.28. The number of halogens is 2. The molecule has 0 aliphatic heterocycles. The van der Waals surface area contributed by atoms with Crippen LogP contribution in [0.4, 0.5) is 8.78 Å². The lowest BCUT2D eigenvalue weighted by molar-refractivity contribution is -0.145. The van der Waals surface area contributed by atoms with Crippen LogP contribution in [0.15, 0.2) is 59.1 Å². The number of benzene rings is 2. The van der Waals surface area contributed by atoms with Gasteiger partial charge in [0.05, 0.1) is 18.2 Å². The zero-order valence-corrected chi connectivity index (χ0v) is 14.7. The molecule has 8 heteroatoms. The van der Waals surface area contributed by atoms with E-state index in [9.17, 15) is 18.4 Å². The van der Waals surface area contributed by atoms with Crippen molar-refractivity contribution in [3.05, 3.63) is 77.8 Å². The number of hydrogen-bond donors (Lipinski definition) is 1. The first-order chi connectivity index (χ1) is 13.5. The molecule has 6 nitrogen and oxygen atoms in total. The minimum Gasteiger partial charge on any atom is -0.456 e. The first-order valence-electron chi connectivity index (χ1n) is 8.42. The standard InChI is InChI=1S/C20H16F2N2O4/c21-14-6-7-15(16(22)10-14)20(26)23-9-8-19(25)27-12-18-24-11-17(28-18)13-4-2-1-3-5-13/h1-7,10-11H,8-9,12H2,(H,23,26). The highest BCUT2D eigenvalue weighted by atomic mass is 19.1. The van der Waals surface area contributed by atoms with Crippen molar-refractivity contribution in [2.45, 2.75) is 13.0 Å². The fourth-order valence-electron chi connectivity index (χ4n) is 2.37. The SMILES string of the molecule is O=C(CCNC(=O)c1ccc(F)cc1F)OCc1ncc(-c2ccccc2)o1. The van der Waals surface area contributed by atoms with Crippen LogP contribution in [0.5, 0.6) is 0 Å². The van der Waals surface area contributed by atoms with Crippen molar-refractivity contribution in [2.24, 2.45) is 0 Å². The van der Waals surface area contributed by atoms with Crippen LogP contribution in [0.1, 0.15) is 22.7 Å². The number of amides is 1. The molecular weight excluding hydrogens is 370 g/mol. The summed E-state index contributed by atoms with van der Waals surface area (Å²) in [5.41, 5.74) is 0.548. The van der Waals surface area contributed by atoms with Gasteiger partial charge in [0.15, 0.2) is 12.4 Å². The number of carbonyl (C=O) groups is 2. The van der Waals surface area contributed by atoms with Gasteiger partial charge >= 0.3 is 5.97 Å². The van der Waals surface area contributed by atoms with Gasteiger partial charge in [-0.1, -0.05) is 30.3 Å². The Morgan fingerprint density at radius 3 is 2.64 bits per heavy atom. The molecule has 0 fully saturated rings. The monoisotopic (exact) mass is 386 g/mol. The van der Waals surface area contributed by atoms with E-state index in [0.717, 1.165) is 17.7 Å². The van der Waals surface area contributed by atoms with Crippen molar-refractivity contribution >= 4 is 11.9 Å². The summed E-state index contributed by atoms with van der Waals surface area (Å²) in [6.45, 7) is -0.207. The molecule has 144 valence electrons. The highest BCUT2D eigenvalue weighted by Gasteiger charge is 2.13. The average Bonchev–Trinajstić information content (AvgIpc) is 3.16. The number of aromatic nitrogens is 1. The van der Waals surface area contributed by atoms with E-state index in [4.69, 9.17) is 9.15 Å². The maximum absolute atomic E-state index is 13.5. The van der Waals surface area contributed by atoms with E-state index in [0.29, 0.717) is 11.8 Å². The number of hydrogen-bond acceptors (Lipinski definition) is 5. The van der Waals surface area contributed by atoms with Gasteiger partial charge in [-0.2, -0.15) is 0 Å². The van der Waals surface area contributed by atoms with Gasteiger partial charge in [0.2, 0.25) is 5.89 Å². The molecule has 1 N–H and O–H groups in total. The molecule has 0 unspecified atom stereocenters. The lowest BCUT2D eigenvalue weighted by atomic mass is 10.2. The van der Waals surface area contributed by atoms with Crippen molar-refractivity contribution in [1.29, 1.82) is 0 Å². The van der Waals surface area contributed by atoms with E-state index in [1.54, 1.807) is 0 Å². The maximum Gasteiger partial charge on any atom is 0.308 e. The molecule has 0 saturated carbocycles. The van der Waals surface area contributed by atoms with E-state index >= 15 is 0 Å². The summed E-state index contributed by atoms with van der Waals surface area (Å²) in [6, 6.07) is 12.0. The third-order valence-electron chi connectivity index (χ3n) is 3.76. The zero-order valence-electron chi connectivity index (χ0n) is 14.7. The molecule has 0 atom stereocenters. The van der Waals surface area contributed by atoms with Crippen LogP contribution in [0.3, 0.4) is 0 Å². The van der Waals surface area contributed by atoms with Crippen LogP contribution in [0.2, 0.25) is 0 Å². The van der Waals surface area contributed by atoms with E-state index < -0.39 is 23.5 Å². The lowest BCUT2D eigenvalue weighted by Crippen LogP contribution is -2.27. The van der Waals surface area contributed by atoms with Crippen LogP contribution >= 0.6 is 0 Å². The number of ether oxygens (including phenoxy) is 1. The van der Waals surface area contributed by atoms with Gasteiger partial charge in [0.25, 0.3) is 5.91 Å². The molecule has 28 heavy (non-hydrogen) atoms.